The number of fused-ring (bicyclic) bond motifs is 3. The smallest absolute Gasteiger partial charge is 0.268 e. The molecule has 0 atom stereocenters. The first-order valence-corrected chi connectivity index (χ1v) is 12.3. The molecule has 154 valence electrons. The fourth-order valence-electron chi connectivity index (χ4n) is 3.16. The van der Waals surface area contributed by atoms with Crippen molar-refractivity contribution in [2.75, 3.05) is 21.9 Å². The molecular weight excluding hydrogens is 488 g/mol. The normalized spacial score (nSPS) is 14.0. The molecule has 1 aromatic heterocycles. The summed E-state index contributed by atoms with van der Waals surface area (Å²) < 4.78 is 28.1. The van der Waals surface area contributed by atoms with Crippen LogP contribution in [-0.2, 0) is 14.8 Å². The summed E-state index contributed by atoms with van der Waals surface area (Å²) in [7, 11) is -3.73. The maximum Gasteiger partial charge on any atom is 0.268 e. The van der Waals surface area contributed by atoms with Gasteiger partial charge in [-0.1, -0.05) is 42.1 Å². The topological polar surface area (TPSA) is 92.3 Å². The zero-order valence-electron chi connectivity index (χ0n) is 15.9. The van der Waals surface area contributed by atoms with Gasteiger partial charge in [0.05, 0.1) is 29.0 Å². The summed E-state index contributed by atoms with van der Waals surface area (Å²) in [5.41, 5.74) is 2.35. The van der Waals surface area contributed by atoms with E-state index < -0.39 is 10.0 Å². The molecule has 2 heterocycles. The van der Waals surface area contributed by atoms with E-state index in [1.54, 1.807) is 25.1 Å². The number of thioether (sulfide) groups is 1. The van der Waals surface area contributed by atoms with Crippen LogP contribution < -0.4 is 9.62 Å². The van der Waals surface area contributed by atoms with Gasteiger partial charge < -0.3 is 5.32 Å². The molecule has 0 spiro atoms. The van der Waals surface area contributed by atoms with E-state index in [9.17, 15) is 13.2 Å². The average molecular weight is 505 g/mol. The van der Waals surface area contributed by atoms with Gasteiger partial charge in [-0.05, 0) is 41.1 Å². The van der Waals surface area contributed by atoms with Crippen LogP contribution in [-0.4, -0.2) is 36.6 Å². The predicted octanol–water partition coefficient (Wildman–Crippen LogP) is 4.17. The molecule has 4 rings (SSSR count). The molecule has 10 heteroatoms. The monoisotopic (exact) mass is 504 g/mol. The van der Waals surface area contributed by atoms with Crippen molar-refractivity contribution in [3.05, 3.63) is 59.2 Å². The Bertz CT molecular complexity index is 1230. The highest BCUT2D eigenvalue weighted by molar-refractivity contribution is 9.10. The molecule has 1 N–H and O–H groups in total. The lowest BCUT2D eigenvalue weighted by Crippen LogP contribution is -2.34. The Hall–Kier alpha value is -2.43. The number of sulfonamides is 1. The first-order chi connectivity index (χ1) is 14.4. The Morgan fingerprint density at radius 2 is 1.90 bits per heavy atom. The minimum atomic E-state index is -3.73. The van der Waals surface area contributed by atoms with Gasteiger partial charge in [-0.15, -0.1) is 0 Å². The maximum atomic E-state index is 13.0. The molecule has 1 aliphatic rings. The maximum absolute atomic E-state index is 13.0. The molecule has 30 heavy (non-hydrogen) atoms. The van der Waals surface area contributed by atoms with Gasteiger partial charge in [-0.25, -0.2) is 18.4 Å². The number of carbonyl (C=O) groups is 1. The van der Waals surface area contributed by atoms with Crippen molar-refractivity contribution in [1.82, 2.24) is 9.97 Å². The van der Waals surface area contributed by atoms with Crippen LogP contribution >= 0.6 is 27.7 Å². The van der Waals surface area contributed by atoms with E-state index in [1.165, 1.54) is 10.5 Å². The van der Waals surface area contributed by atoms with Crippen molar-refractivity contribution >= 4 is 55.0 Å². The molecule has 0 aliphatic carbocycles. The number of anilines is 2. The Morgan fingerprint density at radius 3 is 2.67 bits per heavy atom. The summed E-state index contributed by atoms with van der Waals surface area (Å²) >= 11 is 4.54. The minimum Gasteiger partial charge on any atom is -0.324 e. The number of hydrogen-bond acceptors (Lipinski definition) is 6. The van der Waals surface area contributed by atoms with E-state index in [-0.39, 0.29) is 16.6 Å². The van der Waals surface area contributed by atoms with Crippen molar-refractivity contribution in [3.63, 3.8) is 0 Å². The van der Waals surface area contributed by atoms with Gasteiger partial charge in [0, 0.05) is 16.6 Å². The lowest BCUT2D eigenvalue weighted by molar-refractivity contribution is -0.113. The molecule has 0 bridgehead atoms. The standard InChI is InChI=1S/C20H17BrN4O3S2/c1-2-25-16-10-6-3-7-13(16)19-17(30(25,27)28)11-22-20(24-19)29-12-18(26)23-15-9-5-4-8-14(15)21/h3-11H,2,12H2,1H3,(H,23,26). The third-order valence-corrected chi connectivity index (χ3v) is 7.94. The summed E-state index contributed by atoms with van der Waals surface area (Å²) in [6, 6.07) is 14.6. The van der Waals surface area contributed by atoms with Crippen molar-refractivity contribution in [3.8, 4) is 11.3 Å². The molecule has 0 saturated carbocycles. The summed E-state index contributed by atoms with van der Waals surface area (Å²) in [5.74, 6) is -0.117. The number of halogens is 1. The number of aromatic nitrogens is 2. The Labute approximate surface area is 187 Å². The Morgan fingerprint density at radius 1 is 1.17 bits per heavy atom. The van der Waals surface area contributed by atoms with Gasteiger partial charge in [0.2, 0.25) is 5.91 Å². The number of nitrogens with zero attached hydrogens (tertiary/aromatic N) is 3. The van der Waals surface area contributed by atoms with E-state index >= 15 is 0 Å². The molecule has 2 aromatic carbocycles. The number of benzene rings is 2. The molecule has 0 unspecified atom stereocenters. The van der Waals surface area contributed by atoms with Crippen LogP contribution in [0.2, 0.25) is 0 Å². The molecule has 7 nitrogen and oxygen atoms in total. The van der Waals surface area contributed by atoms with Crippen LogP contribution in [0.25, 0.3) is 11.3 Å². The van der Waals surface area contributed by atoms with Crippen LogP contribution in [0.5, 0.6) is 0 Å². The molecule has 0 fully saturated rings. The minimum absolute atomic E-state index is 0.0741. The van der Waals surface area contributed by atoms with Crippen LogP contribution in [0.15, 0.2) is 69.3 Å². The molecular formula is C20H17BrN4O3S2. The van der Waals surface area contributed by atoms with Gasteiger partial charge in [-0.2, -0.15) is 0 Å². The van der Waals surface area contributed by atoms with E-state index in [1.807, 2.05) is 30.3 Å². The lowest BCUT2D eigenvalue weighted by atomic mass is 10.1. The molecule has 3 aromatic rings. The van der Waals surface area contributed by atoms with Gasteiger partial charge in [0.15, 0.2) is 5.16 Å². The summed E-state index contributed by atoms with van der Waals surface area (Å²) in [5, 5.41) is 3.16. The highest BCUT2D eigenvalue weighted by Crippen LogP contribution is 2.41. The van der Waals surface area contributed by atoms with Gasteiger partial charge in [0.25, 0.3) is 10.0 Å². The van der Waals surface area contributed by atoms with E-state index in [0.29, 0.717) is 28.8 Å². The molecule has 0 radical (unpaired) electrons. The number of nitrogens with one attached hydrogen (secondary N) is 1. The number of rotatable bonds is 5. The van der Waals surface area contributed by atoms with E-state index in [4.69, 9.17) is 0 Å². The SMILES string of the molecule is CCN1c2ccccc2-c2nc(SCC(=O)Nc3ccccc3Br)ncc2S1(=O)=O. The van der Waals surface area contributed by atoms with Crippen LogP contribution in [0.1, 0.15) is 6.92 Å². The zero-order chi connectivity index (χ0) is 21.3. The highest BCUT2D eigenvalue weighted by atomic mass is 79.9. The van der Waals surface area contributed by atoms with Crippen molar-refractivity contribution < 1.29 is 13.2 Å². The molecule has 0 saturated heterocycles. The van der Waals surface area contributed by atoms with Crippen molar-refractivity contribution in [1.29, 1.82) is 0 Å². The van der Waals surface area contributed by atoms with E-state index in [0.717, 1.165) is 21.8 Å². The second-order valence-electron chi connectivity index (χ2n) is 6.37. The lowest BCUT2D eigenvalue weighted by Gasteiger charge is -2.30. The molecule has 1 aliphatic heterocycles. The third kappa shape index (κ3) is 3.82. The predicted molar refractivity (Wildman–Crippen MR) is 121 cm³/mol. The first-order valence-electron chi connectivity index (χ1n) is 9.08. The highest BCUT2D eigenvalue weighted by Gasteiger charge is 2.35. The Balaban J connectivity index is 1.59. The third-order valence-electron chi connectivity index (χ3n) is 4.50. The van der Waals surface area contributed by atoms with Crippen molar-refractivity contribution in [2.45, 2.75) is 17.0 Å². The number of hydrogen-bond donors (Lipinski definition) is 1. The summed E-state index contributed by atoms with van der Waals surface area (Å²) in [4.78, 5) is 21.0. The van der Waals surface area contributed by atoms with Crippen LogP contribution in [0.3, 0.4) is 0 Å². The first kappa shape index (κ1) is 20.8. The van der Waals surface area contributed by atoms with Crippen LogP contribution in [0.4, 0.5) is 11.4 Å². The van der Waals surface area contributed by atoms with Crippen LogP contribution in [0, 0.1) is 0 Å². The van der Waals surface area contributed by atoms with Crippen molar-refractivity contribution in [2.24, 2.45) is 0 Å². The quantitative estimate of drug-likeness (QED) is 0.414. The largest absolute Gasteiger partial charge is 0.324 e. The number of amides is 1. The van der Waals surface area contributed by atoms with Gasteiger partial charge in [-0.3, -0.25) is 9.10 Å². The Kier molecular flexibility index (Phi) is 5.81. The number of para-hydroxylation sites is 2. The fourth-order valence-corrected chi connectivity index (χ4v) is 5.75. The van der Waals surface area contributed by atoms with Gasteiger partial charge >= 0.3 is 0 Å². The van der Waals surface area contributed by atoms with E-state index in [2.05, 4.69) is 31.2 Å². The fraction of sp³-hybridized carbons (Fsp3) is 0.150. The summed E-state index contributed by atoms with van der Waals surface area (Å²) in [6.45, 7) is 2.10. The van der Waals surface area contributed by atoms with Gasteiger partial charge in [0.1, 0.15) is 4.90 Å². The second kappa shape index (κ2) is 8.37. The second-order valence-corrected chi connectivity index (χ2v) is 10.00. The average Bonchev–Trinajstić information content (AvgIpc) is 2.74. The summed E-state index contributed by atoms with van der Waals surface area (Å²) in [6.07, 6.45) is 1.32. The zero-order valence-corrected chi connectivity index (χ0v) is 19.1. The number of carbonyl (C=O) groups excluding carboxylic acids is 1. The molecule has 1 amide bonds.